The zero-order valence-corrected chi connectivity index (χ0v) is 49.8. The molecule has 0 aromatic rings. The summed E-state index contributed by atoms with van der Waals surface area (Å²) in [6.07, 6.45) is 70.1. The molecule has 0 heterocycles. The van der Waals surface area contributed by atoms with Gasteiger partial charge in [-0.25, -0.2) is 0 Å². The molecule has 0 rings (SSSR count). The van der Waals surface area contributed by atoms with Crippen LogP contribution in [0, 0.1) is 0 Å². The van der Waals surface area contributed by atoms with Crippen molar-refractivity contribution in [3.8, 4) is 0 Å². The minimum absolute atomic E-state index is 0.00172. The van der Waals surface area contributed by atoms with Crippen LogP contribution in [-0.4, -0.2) is 68.5 Å². The second-order valence-corrected chi connectivity index (χ2v) is 24.5. The van der Waals surface area contributed by atoms with Gasteiger partial charge in [0.05, 0.1) is 39.9 Å². The van der Waals surface area contributed by atoms with Crippen LogP contribution in [0.15, 0.2) is 24.3 Å². The maximum Gasteiger partial charge on any atom is 0.268 e. The number of hydrogen-bond acceptors (Lipinski definition) is 6. The summed E-state index contributed by atoms with van der Waals surface area (Å²) in [4.78, 5) is 25.5. The highest BCUT2D eigenvalue weighted by Gasteiger charge is 2.23. The number of likely N-dealkylation sites (N-methyl/N-ethyl adjacent to an activating group) is 1. The van der Waals surface area contributed by atoms with E-state index in [1.165, 1.54) is 263 Å². The molecule has 9 heteroatoms. The van der Waals surface area contributed by atoms with Gasteiger partial charge in [0, 0.05) is 6.42 Å². The zero-order valence-electron chi connectivity index (χ0n) is 48.9. The number of rotatable bonds is 59. The maximum atomic E-state index is 13.0. The van der Waals surface area contributed by atoms with E-state index >= 15 is 0 Å². The number of phosphoric acid groups is 1. The molecular formula is C63H125N2O6P. The standard InChI is InChI=1S/C63H125N2O6P/c1-6-8-10-12-14-16-18-20-21-22-23-24-25-26-27-28-29-30-31-32-33-34-35-36-37-38-39-40-41-42-43-45-47-49-51-53-55-57-63(67)64-61(60-71-72(68,69)70-59-58-65(3,4)5)62(66)56-54-52-50-48-46-44-19-17-15-13-11-9-7-2/h22-23,54,56,61-62,66H,6-21,24-53,55,57-60H2,1-5H3,(H-,64,67,68,69)/b23-22-,56-54+. The van der Waals surface area contributed by atoms with Crippen LogP contribution in [0.5, 0.6) is 0 Å². The van der Waals surface area contributed by atoms with Crippen molar-refractivity contribution in [1.82, 2.24) is 5.32 Å². The molecule has 72 heavy (non-hydrogen) atoms. The molecule has 0 aliphatic carbocycles. The van der Waals surface area contributed by atoms with E-state index in [-0.39, 0.29) is 19.1 Å². The van der Waals surface area contributed by atoms with Crippen LogP contribution < -0.4 is 10.2 Å². The molecule has 0 radical (unpaired) electrons. The van der Waals surface area contributed by atoms with Crippen LogP contribution in [0.4, 0.5) is 0 Å². The van der Waals surface area contributed by atoms with Crippen molar-refractivity contribution in [2.45, 2.75) is 334 Å². The van der Waals surface area contributed by atoms with Gasteiger partial charge in [-0.15, -0.1) is 0 Å². The molecule has 2 N–H and O–H groups in total. The Morgan fingerprint density at radius 2 is 0.764 bits per heavy atom. The van der Waals surface area contributed by atoms with Crippen molar-refractivity contribution >= 4 is 13.7 Å². The number of nitrogens with zero attached hydrogens (tertiary/aromatic N) is 1. The number of hydrogen-bond donors (Lipinski definition) is 2. The molecule has 3 atom stereocenters. The first-order valence-electron chi connectivity index (χ1n) is 31.7. The predicted octanol–water partition coefficient (Wildman–Crippen LogP) is 18.9. The minimum atomic E-state index is -4.59. The van der Waals surface area contributed by atoms with Crippen molar-refractivity contribution in [1.29, 1.82) is 0 Å². The number of amides is 1. The van der Waals surface area contributed by atoms with E-state index in [0.29, 0.717) is 17.4 Å². The molecule has 0 saturated carbocycles. The molecule has 8 nitrogen and oxygen atoms in total. The first-order valence-corrected chi connectivity index (χ1v) is 33.2. The summed E-state index contributed by atoms with van der Waals surface area (Å²) in [6.45, 7) is 4.68. The second kappa shape index (κ2) is 54.8. The average Bonchev–Trinajstić information content (AvgIpc) is 3.34. The topological polar surface area (TPSA) is 108 Å². The number of aliphatic hydroxyl groups excluding tert-OH is 1. The van der Waals surface area contributed by atoms with E-state index in [2.05, 4.69) is 31.3 Å². The molecule has 0 saturated heterocycles. The SMILES string of the molecule is CCCCCCCCCC/C=C\CCCCCCCCCCCCCCCCCCCCCCCCCCCC(=O)NC(COP(=O)([O-])OCC[N+](C)(C)C)C(O)/C=C/CCCCCCCCCCCCC. The number of unbranched alkanes of at least 4 members (excludes halogenated alkanes) is 44. The van der Waals surface area contributed by atoms with Crippen molar-refractivity contribution < 1.29 is 32.9 Å². The second-order valence-electron chi connectivity index (χ2n) is 23.1. The zero-order chi connectivity index (χ0) is 52.7. The van der Waals surface area contributed by atoms with Crippen LogP contribution in [0.3, 0.4) is 0 Å². The molecule has 428 valence electrons. The fraction of sp³-hybridized carbons (Fsp3) is 0.921. The number of quaternary nitrogens is 1. The number of phosphoric ester groups is 1. The molecule has 0 aromatic heterocycles. The maximum absolute atomic E-state index is 13.0. The molecule has 0 aliphatic rings. The molecule has 0 fully saturated rings. The lowest BCUT2D eigenvalue weighted by molar-refractivity contribution is -0.870. The summed E-state index contributed by atoms with van der Waals surface area (Å²) >= 11 is 0. The summed E-state index contributed by atoms with van der Waals surface area (Å²) < 4.78 is 23.3. The molecule has 0 spiro atoms. The molecule has 0 aromatic carbocycles. The third-order valence-corrected chi connectivity index (χ3v) is 15.6. The van der Waals surface area contributed by atoms with Crippen molar-refractivity contribution in [2.24, 2.45) is 0 Å². The average molecular weight is 1040 g/mol. The van der Waals surface area contributed by atoms with Gasteiger partial charge in [0.15, 0.2) is 0 Å². The molecule has 1 amide bonds. The molecule has 0 aliphatic heterocycles. The fourth-order valence-electron chi connectivity index (χ4n) is 9.68. The Hall–Kier alpha value is -1.02. The predicted molar refractivity (Wildman–Crippen MR) is 312 cm³/mol. The lowest BCUT2D eigenvalue weighted by Crippen LogP contribution is -2.45. The van der Waals surface area contributed by atoms with Crippen LogP contribution in [0.25, 0.3) is 0 Å². The van der Waals surface area contributed by atoms with Crippen molar-refractivity contribution in [3.63, 3.8) is 0 Å². The van der Waals surface area contributed by atoms with Gasteiger partial charge in [-0.05, 0) is 44.9 Å². The third kappa shape index (κ3) is 56.7. The Bertz CT molecular complexity index is 1220. The van der Waals surface area contributed by atoms with Gasteiger partial charge in [0.2, 0.25) is 5.91 Å². The summed E-state index contributed by atoms with van der Waals surface area (Å²) in [5.74, 6) is -0.192. The Labute approximate surface area is 449 Å². The number of allylic oxidation sites excluding steroid dienone is 3. The van der Waals surface area contributed by atoms with Gasteiger partial charge in [-0.1, -0.05) is 295 Å². The normalized spacial score (nSPS) is 13.9. The summed E-state index contributed by atoms with van der Waals surface area (Å²) in [6, 6.07) is -0.882. The summed E-state index contributed by atoms with van der Waals surface area (Å²) in [7, 11) is 1.28. The van der Waals surface area contributed by atoms with Crippen LogP contribution in [0.2, 0.25) is 0 Å². The number of nitrogens with one attached hydrogen (secondary N) is 1. The molecule has 0 bridgehead atoms. The van der Waals surface area contributed by atoms with E-state index in [9.17, 15) is 19.4 Å². The molecule has 3 unspecified atom stereocenters. The fourth-order valence-corrected chi connectivity index (χ4v) is 10.4. The number of aliphatic hydroxyl groups is 1. The van der Waals surface area contributed by atoms with E-state index in [1.807, 2.05) is 27.2 Å². The largest absolute Gasteiger partial charge is 0.756 e. The monoisotopic (exact) mass is 1040 g/mol. The van der Waals surface area contributed by atoms with E-state index in [0.717, 1.165) is 38.5 Å². The van der Waals surface area contributed by atoms with Crippen LogP contribution >= 0.6 is 7.82 Å². The van der Waals surface area contributed by atoms with Crippen LogP contribution in [-0.2, 0) is 18.4 Å². The minimum Gasteiger partial charge on any atom is -0.756 e. The quantitative estimate of drug-likeness (QED) is 0.0272. The third-order valence-electron chi connectivity index (χ3n) is 14.7. The summed E-state index contributed by atoms with van der Waals surface area (Å²) in [5, 5.41) is 13.9. The van der Waals surface area contributed by atoms with Gasteiger partial charge in [-0.3, -0.25) is 9.36 Å². The van der Waals surface area contributed by atoms with E-state index < -0.39 is 20.0 Å². The van der Waals surface area contributed by atoms with Crippen molar-refractivity contribution in [2.75, 3.05) is 40.9 Å². The number of carbonyl (C=O) groups is 1. The first-order chi connectivity index (χ1) is 35.0. The van der Waals surface area contributed by atoms with Gasteiger partial charge in [0.25, 0.3) is 7.82 Å². The van der Waals surface area contributed by atoms with E-state index in [4.69, 9.17) is 9.05 Å². The lowest BCUT2D eigenvalue weighted by atomic mass is 10.0. The van der Waals surface area contributed by atoms with Crippen LogP contribution in [0.1, 0.15) is 322 Å². The van der Waals surface area contributed by atoms with Gasteiger partial charge in [-0.2, -0.15) is 0 Å². The van der Waals surface area contributed by atoms with Gasteiger partial charge in [0.1, 0.15) is 13.2 Å². The highest BCUT2D eigenvalue weighted by atomic mass is 31.2. The highest BCUT2D eigenvalue weighted by Crippen LogP contribution is 2.38. The van der Waals surface area contributed by atoms with Gasteiger partial charge < -0.3 is 28.8 Å². The van der Waals surface area contributed by atoms with Crippen molar-refractivity contribution in [3.05, 3.63) is 24.3 Å². The summed E-state index contributed by atoms with van der Waals surface area (Å²) in [5.41, 5.74) is 0. The highest BCUT2D eigenvalue weighted by molar-refractivity contribution is 7.45. The Morgan fingerprint density at radius 1 is 0.472 bits per heavy atom. The Kier molecular flexibility index (Phi) is 54.0. The van der Waals surface area contributed by atoms with E-state index in [1.54, 1.807) is 6.08 Å². The first kappa shape index (κ1) is 71.0. The molecular weight excluding hydrogens is 912 g/mol. The van der Waals surface area contributed by atoms with Gasteiger partial charge >= 0.3 is 0 Å². The Morgan fingerprint density at radius 3 is 1.08 bits per heavy atom. The smallest absolute Gasteiger partial charge is 0.268 e. The lowest BCUT2D eigenvalue weighted by Gasteiger charge is -2.29. The number of carbonyl (C=O) groups excluding carboxylic acids is 1. The Balaban J connectivity index is 3.88.